The maximum Gasteiger partial charge on any atom is 0.356 e. The second-order valence-corrected chi connectivity index (χ2v) is 6.67. The number of sulfonamides is 1. The summed E-state index contributed by atoms with van der Waals surface area (Å²) in [5.41, 5.74) is 0.619. The van der Waals surface area contributed by atoms with Crippen molar-refractivity contribution < 1.29 is 18.3 Å². The number of halogens is 1. The molecule has 0 saturated heterocycles. The average molecular weight is 365 g/mol. The van der Waals surface area contributed by atoms with E-state index in [1.807, 2.05) is 0 Å². The van der Waals surface area contributed by atoms with Crippen molar-refractivity contribution in [2.24, 2.45) is 0 Å². The van der Waals surface area contributed by atoms with Crippen LogP contribution >= 0.6 is 27.3 Å². The molecule has 11 heteroatoms. The van der Waals surface area contributed by atoms with Crippen LogP contribution in [0.2, 0.25) is 0 Å². The molecule has 8 nitrogen and oxygen atoms in total. The van der Waals surface area contributed by atoms with E-state index in [-0.39, 0.29) is 10.0 Å². The van der Waals surface area contributed by atoms with Crippen LogP contribution in [0.3, 0.4) is 0 Å². The van der Waals surface area contributed by atoms with Crippen LogP contribution in [0.1, 0.15) is 10.5 Å². The molecule has 2 N–H and O–H groups in total. The van der Waals surface area contributed by atoms with Gasteiger partial charge < -0.3 is 5.11 Å². The summed E-state index contributed by atoms with van der Waals surface area (Å²) in [6.07, 6.45) is 2.51. The lowest BCUT2D eigenvalue weighted by Crippen LogP contribution is -2.16. The van der Waals surface area contributed by atoms with E-state index < -0.39 is 21.7 Å². The molecule has 2 rings (SSSR count). The van der Waals surface area contributed by atoms with Crippen LogP contribution in [0, 0.1) is 0 Å². The van der Waals surface area contributed by atoms with E-state index in [4.69, 9.17) is 5.11 Å². The number of carboxylic acids is 1. The van der Waals surface area contributed by atoms with Crippen molar-refractivity contribution in [1.82, 2.24) is 15.0 Å². The first kappa shape index (κ1) is 13.8. The number of nitrogens with one attached hydrogen (secondary N) is 1. The predicted molar refractivity (Wildman–Crippen MR) is 69.6 cm³/mol. The number of rotatable bonds is 4. The molecule has 0 spiro atoms. The minimum atomic E-state index is -4.05. The van der Waals surface area contributed by atoms with Gasteiger partial charge in [-0.05, 0) is 15.9 Å². The van der Waals surface area contributed by atoms with Gasteiger partial charge in [-0.25, -0.2) is 28.2 Å². The molecule has 0 aliphatic rings. The highest BCUT2D eigenvalue weighted by molar-refractivity contribution is 9.10. The summed E-state index contributed by atoms with van der Waals surface area (Å²) in [5, 5.41) is 8.84. The summed E-state index contributed by atoms with van der Waals surface area (Å²) in [4.78, 5) is 21.9. The molecule has 0 radical (unpaired) electrons. The van der Waals surface area contributed by atoms with E-state index in [9.17, 15) is 13.2 Å². The van der Waals surface area contributed by atoms with Crippen molar-refractivity contribution in [2.45, 2.75) is 4.21 Å². The van der Waals surface area contributed by atoms with E-state index >= 15 is 0 Å². The molecule has 0 fully saturated rings. The summed E-state index contributed by atoms with van der Waals surface area (Å²) >= 11 is 3.77. The lowest BCUT2D eigenvalue weighted by molar-refractivity contribution is 0.0687. The van der Waals surface area contributed by atoms with Crippen molar-refractivity contribution in [1.29, 1.82) is 0 Å². The summed E-state index contributed by atoms with van der Waals surface area (Å²) in [5.74, 6) is -1.43. The molecule has 100 valence electrons. The van der Waals surface area contributed by atoms with Crippen LogP contribution in [0.5, 0.6) is 0 Å². The van der Waals surface area contributed by atoms with Gasteiger partial charge in [0.1, 0.15) is 4.60 Å². The molecule has 2 aromatic rings. The molecule has 0 bridgehead atoms. The Kier molecular flexibility index (Phi) is 3.78. The van der Waals surface area contributed by atoms with Crippen molar-refractivity contribution in [2.75, 3.05) is 4.72 Å². The number of carboxylic acid groups (broad SMARTS) is 1. The van der Waals surface area contributed by atoms with Gasteiger partial charge in [-0.2, -0.15) is 0 Å². The van der Waals surface area contributed by atoms with Gasteiger partial charge in [0.05, 0.1) is 17.9 Å². The lowest BCUT2D eigenvalue weighted by atomic mass is 10.5. The zero-order chi connectivity index (χ0) is 14.0. The first-order valence-corrected chi connectivity index (χ1v) is 7.73. The van der Waals surface area contributed by atoms with Crippen molar-refractivity contribution in [3.8, 4) is 0 Å². The number of aromatic nitrogens is 3. The standard InChI is InChI=1S/C8H5BrN4O4S2/c9-4-1-11-5(2-10-4)13-19(16,17)8-6(7(14)15)12-3-18-8/h1-3H,(H,11,13)(H,14,15). The quantitative estimate of drug-likeness (QED) is 0.835. The van der Waals surface area contributed by atoms with Crippen LogP contribution in [0.15, 0.2) is 26.7 Å². The van der Waals surface area contributed by atoms with Crippen LogP contribution in [0.25, 0.3) is 0 Å². The van der Waals surface area contributed by atoms with E-state index in [1.54, 1.807) is 0 Å². The van der Waals surface area contributed by atoms with Gasteiger partial charge in [0.2, 0.25) is 0 Å². The Balaban J connectivity index is 2.35. The third kappa shape index (κ3) is 3.05. The topological polar surface area (TPSA) is 122 Å². The minimum Gasteiger partial charge on any atom is -0.476 e. The number of aromatic carboxylic acids is 1. The highest BCUT2D eigenvalue weighted by Gasteiger charge is 2.26. The second kappa shape index (κ2) is 5.19. The minimum absolute atomic E-state index is 0.0204. The molecule has 2 aromatic heterocycles. The fraction of sp³-hybridized carbons (Fsp3) is 0. The average Bonchev–Trinajstić information content (AvgIpc) is 2.82. The van der Waals surface area contributed by atoms with E-state index in [0.717, 1.165) is 5.51 Å². The molecule has 0 aliphatic carbocycles. The van der Waals surface area contributed by atoms with Crippen LogP contribution in [-0.4, -0.2) is 34.4 Å². The molecule has 2 heterocycles. The van der Waals surface area contributed by atoms with Gasteiger partial charge in [0.15, 0.2) is 15.7 Å². The summed E-state index contributed by atoms with van der Waals surface area (Å²) in [6, 6.07) is 0. The maximum atomic E-state index is 12.0. The molecule has 0 aromatic carbocycles. The van der Waals surface area contributed by atoms with Crippen molar-refractivity contribution >= 4 is 49.1 Å². The number of thiazole rings is 1. The first-order chi connectivity index (χ1) is 8.90. The number of nitrogens with zero attached hydrogens (tertiary/aromatic N) is 3. The van der Waals surface area contributed by atoms with Gasteiger partial charge in [-0.1, -0.05) is 0 Å². The van der Waals surface area contributed by atoms with Gasteiger partial charge in [0, 0.05) is 0 Å². The SMILES string of the molecule is O=C(O)c1ncsc1S(=O)(=O)Nc1cnc(Br)cn1. The van der Waals surface area contributed by atoms with Gasteiger partial charge in [0.25, 0.3) is 10.0 Å². The molecule has 19 heavy (non-hydrogen) atoms. The third-order valence-electron chi connectivity index (χ3n) is 1.84. The predicted octanol–water partition coefficient (Wildman–Crippen LogP) is 1.19. The molecule has 0 aliphatic heterocycles. The van der Waals surface area contributed by atoms with E-state index in [2.05, 4.69) is 35.6 Å². The monoisotopic (exact) mass is 364 g/mol. The van der Waals surface area contributed by atoms with E-state index in [0.29, 0.717) is 15.9 Å². The fourth-order valence-electron chi connectivity index (χ4n) is 1.12. The van der Waals surface area contributed by atoms with Crippen LogP contribution in [0.4, 0.5) is 5.82 Å². The molecule has 0 atom stereocenters. The maximum absolute atomic E-state index is 12.0. The number of carbonyl (C=O) groups is 1. The van der Waals surface area contributed by atoms with Gasteiger partial charge >= 0.3 is 5.97 Å². The molecular weight excluding hydrogens is 360 g/mol. The van der Waals surface area contributed by atoms with Crippen LogP contribution in [-0.2, 0) is 10.0 Å². The Labute approximate surface area is 119 Å². The third-order valence-corrected chi connectivity index (χ3v) is 4.97. The van der Waals surface area contributed by atoms with Gasteiger partial charge in [-0.3, -0.25) is 4.72 Å². The van der Waals surface area contributed by atoms with Crippen molar-refractivity contribution in [3.05, 3.63) is 28.2 Å². The number of anilines is 1. The number of hydrogen-bond donors (Lipinski definition) is 2. The second-order valence-electron chi connectivity index (χ2n) is 3.12. The summed E-state index contributed by atoms with van der Waals surface area (Å²) in [7, 11) is -4.05. The summed E-state index contributed by atoms with van der Waals surface area (Å²) < 4.78 is 26.2. The van der Waals surface area contributed by atoms with Gasteiger partial charge in [-0.15, -0.1) is 11.3 Å². The molecular formula is C8H5BrN4O4S2. The zero-order valence-electron chi connectivity index (χ0n) is 8.94. The highest BCUT2D eigenvalue weighted by Crippen LogP contribution is 2.22. The fourth-order valence-corrected chi connectivity index (χ4v) is 3.46. The zero-order valence-corrected chi connectivity index (χ0v) is 12.2. The Morgan fingerprint density at radius 1 is 1.32 bits per heavy atom. The molecule has 0 unspecified atom stereocenters. The van der Waals surface area contributed by atoms with E-state index in [1.165, 1.54) is 12.4 Å². The Morgan fingerprint density at radius 3 is 2.63 bits per heavy atom. The Bertz CT molecular complexity index is 713. The largest absolute Gasteiger partial charge is 0.476 e. The molecule has 0 amide bonds. The normalized spacial score (nSPS) is 11.2. The van der Waals surface area contributed by atoms with Crippen LogP contribution < -0.4 is 4.72 Å². The van der Waals surface area contributed by atoms with Crippen molar-refractivity contribution in [3.63, 3.8) is 0 Å². The highest BCUT2D eigenvalue weighted by atomic mass is 79.9. The Morgan fingerprint density at radius 2 is 2.05 bits per heavy atom. The lowest BCUT2D eigenvalue weighted by Gasteiger charge is -2.05. The summed E-state index contributed by atoms with van der Waals surface area (Å²) in [6.45, 7) is 0. The molecule has 0 saturated carbocycles. The Hall–Kier alpha value is -1.59. The number of hydrogen-bond acceptors (Lipinski definition) is 7. The first-order valence-electron chi connectivity index (χ1n) is 4.57. The smallest absolute Gasteiger partial charge is 0.356 e.